The molecule has 4 heteroatoms. The maximum absolute atomic E-state index is 12.0. The molecular formula is C4H6F2O2. The molecule has 1 aliphatic heterocycles. The highest BCUT2D eigenvalue weighted by Gasteiger charge is 2.32. The highest BCUT2D eigenvalue weighted by Crippen LogP contribution is 2.17. The predicted octanol–water partition coefficient (Wildman–Crippen LogP) is 0.626. The minimum Gasteiger partial charge on any atom is -0.349 e. The molecule has 0 radical (unpaired) electrons. The van der Waals surface area contributed by atoms with Crippen LogP contribution in [0.2, 0.25) is 0 Å². The summed E-state index contributed by atoms with van der Waals surface area (Å²) in [6, 6.07) is 0. The van der Waals surface area contributed by atoms with Gasteiger partial charge < -0.3 is 9.47 Å². The Morgan fingerprint density at radius 2 is 1.62 bits per heavy atom. The predicted molar refractivity (Wildman–Crippen MR) is 21.7 cm³/mol. The fourth-order valence-corrected chi connectivity index (χ4v) is 0.483. The van der Waals surface area contributed by atoms with Crippen LogP contribution < -0.4 is 0 Å². The number of rotatable bonds is 0. The van der Waals surface area contributed by atoms with Crippen molar-refractivity contribution in [1.29, 1.82) is 0 Å². The van der Waals surface area contributed by atoms with Crippen molar-refractivity contribution < 1.29 is 18.3 Å². The topological polar surface area (TPSA) is 18.5 Å². The highest BCUT2D eigenvalue weighted by atomic mass is 19.3. The Bertz CT molecular complexity index is 76.1. The maximum atomic E-state index is 12.0. The third-order valence-corrected chi connectivity index (χ3v) is 0.793. The van der Waals surface area contributed by atoms with Crippen LogP contribution in [0.1, 0.15) is 0 Å². The van der Waals surface area contributed by atoms with Gasteiger partial charge >= 0.3 is 0 Å². The van der Waals surface area contributed by atoms with Crippen LogP contribution in [0.4, 0.5) is 8.78 Å². The lowest BCUT2D eigenvalue weighted by Gasteiger charge is -2.21. The van der Waals surface area contributed by atoms with Gasteiger partial charge in [0, 0.05) is 0 Å². The van der Waals surface area contributed by atoms with Gasteiger partial charge in [0.1, 0.15) is 20.0 Å². The van der Waals surface area contributed by atoms with E-state index in [1.165, 1.54) is 0 Å². The molecule has 1 saturated heterocycles. The van der Waals surface area contributed by atoms with Crippen molar-refractivity contribution in [3.05, 3.63) is 0 Å². The molecular weight excluding hydrogens is 118 g/mol. The minimum atomic E-state index is -2.77. The van der Waals surface area contributed by atoms with E-state index in [0.717, 1.165) is 0 Å². The van der Waals surface area contributed by atoms with E-state index < -0.39 is 19.1 Å². The quantitative estimate of drug-likeness (QED) is 0.471. The molecule has 1 aliphatic rings. The molecule has 0 unspecified atom stereocenters. The van der Waals surface area contributed by atoms with E-state index in [0.29, 0.717) is 0 Å². The zero-order valence-electron chi connectivity index (χ0n) is 4.19. The molecule has 0 spiro atoms. The molecule has 1 heterocycles. The Morgan fingerprint density at radius 1 is 1.12 bits per heavy atom. The van der Waals surface area contributed by atoms with Crippen molar-refractivity contribution in [3.63, 3.8) is 0 Å². The Hall–Kier alpha value is -0.220. The Morgan fingerprint density at radius 3 is 1.88 bits per heavy atom. The van der Waals surface area contributed by atoms with E-state index in [2.05, 4.69) is 9.47 Å². The van der Waals surface area contributed by atoms with E-state index in [4.69, 9.17) is 0 Å². The fourth-order valence-electron chi connectivity index (χ4n) is 0.483. The van der Waals surface area contributed by atoms with Crippen molar-refractivity contribution in [2.45, 2.75) is 5.92 Å². The van der Waals surface area contributed by atoms with Crippen LogP contribution >= 0.6 is 0 Å². The molecule has 1 rings (SSSR count). The second kappa shape index (κ2) is 1.95. The molecule has 0 aliphatic carbocycles. The normalized spacial score (nSPS) is 27.8. The summed E-state index contributed by atoms with van der Waals surface area (Å²) in [5.74, 6) is -2.77. The fraction of sp³-hybridized carbons (Fsp3) is 1.00. The van der Waals surface area contributed by atoms with Crippen LogP contribution in [0.15, 0.2) is 0 Å². The highest BCUT2D eigenvalue weighted by molar-refractivity contribution is 4.64. The summed E-state index contributed by atoms with van der Waals surface area (Å²) in [7, 11) is 0. The summed E-state index contributed by atoms with van der Waals surface area (Å²) in [6.45, 7) is -1.02. The van der Waals surface area contributed by atoms with Gasteiger partial charge in [-0.15, -0.1) is 0 Å². The average molecular weight is 124 g/mol. The van der Waals surface area contributed by atoms with Crippen LogP contribution in [0.3, 0.4) is 0 Å². The summed E-state index contributed by atoms with van der Waals surface area (Å²) in [5.41, 5.74) is 0. The third kappa shape index (κ3) is 1.38. The first-order valence-electron chi connectivity index (χ1n) is 2.24. The standard InChI is InChI=1S/C4H6F2O2/c5-4(6)1-7-3-8-2-4/h1-3H2. The summed E-state index contributed by atoms with van der Waals surface area (Å²) in [4.78, 5) is 0. The molecule has 0 bridgehead atoms. The van der Waals surface area contributed by atoms with Crippen LogP contribution in [0.25, 0.3) is 0 Å². The van der Waals surface area contributed by atoms with Gasteiger partial charge in [0.15, 0.2) is 0 Å². The Balaban J connectivity index is 2.33. The maximum Gasteiger partial charge on any atom is 0.293 e. The Kier molecular flexibility index (Phi) is 1.44. The SMILES string of the molecule is FC1(F)COCOC1. The first kappa shape index (κ1) is 5.91. The second-order valence-electron chi connectivity index (χ2n) is 1.67. The van der Waals surface area contributed by atoms with Crippen LogP contribution in [-0.2, 0) is 9.47 Å². The van der Waals surface area contributed by atoms with Crippen molar-refractivity contribution in [1.82, 2.24) is 0 Å². The number of halogens is 2. The van der Waals surface area contributed by atoms with Gasteiger partial charge in [0.2, 0.25) is 0 Å². The molecule has 1 fully saturated rings. The molecule has 8 heavy (non-hydrogen) atoms. The van der Waals surface area contributed by atoms with E-state index in [-0.39, 0.29) is 6.79 Å². The minimum absolute atomic E-state index is 0.00438. The van der Waals surface area contributed by atoms with Gasteiger partial charge in [-0.2, -0.15) is 0 Å². The molecule has 2 nitrogen and oxygen atoms in total. The van der Waals surface area contributed by atoms with Crippen molar-refractivity contribution in [2.75, 3.05) is 20.0 Å². The number of hydrogen-bond acceptors (Lipinski definition) is 2. The lowest BCUT2D eigenvalue weighted by Crippen LogP contribution is -2.35. The molecule has 0 aromatic rings. The lowest BCUT2D eigenvalue weighted by atomic mass is 10.4. The number of hydrogen-bond donors (Lipinski definition) is 0. The molecule has 0 saturated carbocycles. The molecule has 0 aromatic heterocycles. The van der Waals surface area contributed by atoms with Crippen LogP contribution in [0, 0.1) is 0 Å². The van der Waals surface area contributed by atoms with Gasteiger partial charge in [0.05, 0.1) is 0 Å². The van der Waals surface area contributed by atoms with Gasteiger partial charge in [-0.1, -0.05) is 0 Å². The van der Waals surface area contributed by atoms with Crippen molar-refractivity contribution in [3.8, 4) is 0 Å². The monoisotopic (exact) mass is 124 g/mol. The van der Waals surface area contributed by atoms with Gasteiger partial charge in [0.25, 0.3) is 5.92 Å². The molecule has 0 aromatic carbocycles. The summed E-state index contributed by atoms with van der Waals surface area (Å²) in [5, 5.41) is 0. The molecule has 0 amide bonds. The van der Waals surface area contributed by atoms with E-state index in [1.54, 1.807) is 0 Å². The first-order chi connectivity index (χ1) is 3.71. The Labute approximate surface area is 45.4 Å². The van der Waals surface area contributed by atoms with Crippen LogP contribution in [0.5, 0.6) is 0 Å². The van der Waals surface area contributed by atoms with E-state index in [9.17, 15) is 8.78 Å². The van der Waals surface area contributed by atoms with Crippen LogP contribution in [-0.4, -0.2) is 25.9 Å². The van der Waals surface area contributed by atoms with E-state index in [1.807, 2.05) is 0 Å². The van der Waals surface area contributed by atoms with Crippen molar-refractivity contribution >= 4 is 0 Å². The average Bonchev–Trinajstić information content (AvgIpc) is 1.65. The summed E-state index contributed by atoms with van der Waals surface area (Å²) >= 11 is 0. The number of alkyl halides is 2. The molecule has 0 atom stereocenters. The zero-order chi connectivity index (χ0) is 6.04. The largest absolute Gasteiger partial charge is 0.349 e. The van der Waals surface area contributed by atoms with Gasteiger partial charge in [-0.25, -0.2) is 8.78 Å². The smallest absolute Gasteiger partial charge is 0.293 e. The number of ether oxygens (including phenoxy) is 2. The van der Waals surface area contributed by atoms with Gasteiger partial charge in [-0.05, 0) is 0 Å². The zero-order valence-corrected chi connectivity index (χ0v) is 4.19. The molecule has 0 N–H and O–H groups in total. The first-order valence-corrected chi connectivity index (χ1v) is 2.24. The van der Waals surface area contributed by atoms with Gasteiger partial charge in [-0.3, -0.25) is 0 Å². The van der Waals surface area contributed by atoms with E-state index >= 15 is 0 Å². The molecule has 48 valence electrons. The van der Waals surface area contributed by atoms with Crippen molar-refractivity contribution in [2.24, 2.45) is 0 Å². The third-order valence-electron chi connectivity index (χ3n) is 0.793. The second-order valence-corrected chi connectivity index (χ2v) is 1.67. The lowest BCUT2D eigenvalue weighted by molar-refractivity contribution is -0.218. The summed E-state index contributed by atoms with van der Waals surface area (Å²) < 4.78 is 32.5. The summed E-state index contributed by atoms with van der Waals surface area (Å²) in [6.07, 6.45) is 0.